The minimum absolute atomic E-state index is 0.0866. The highest BCUT2D eigenvalue weighted by molar-refractivity contribution is 5.85. The predicted molar refractivity (Wildman–Crippen MR) is 90.3 cm³/mol. The van der Waals surface area contributed by atoms with Crippen LogP contribution in [0.4, 0.5) is 10.5 Å². The molecule has 122 valence electrons. The number of anilines is 1. The van der Waals surface area contributed by atoms with E-state index in [1.165, 1.54) is 19.3 Å². The standard InChI is InChI=1S/C18H28N2O2/c1-3-9-16-10-5-6-11-17(16)19-18(21)22-15(2)14-20-12-7-4-8-13-20/h5-6,10-11,15H,3-4,7-9,12-14H2,1-2H3,(H,19,21)/t15-/m0/s1. The fourth-order valence-electron chi connectivity index (χ4n) is 2.99. The molecule has 0 bridgehead atoms. The summed E-state index contributed by atoms with van der Waals surface area (Å²) < 4.78 is 5.50. The molecular formula is C18H28N2O2. The second-order valence-corrected chi connectivity index (χ2v) is 6.11. The minimum Gasteiger partial charge on any atom is -0.445 e. The van der Waals surface area contributed by atoms with Gasteiger partial charge < -0.3 is 4.74 Å². The third-order valence-corrected chi connectivity index (χ3v) is 4.05. The van der Waals surface area contributed by atoms with Crippen molar-refractivity contribution < 1.29 is 9.53 Å². The molecule has 22 heavy (non-hydrogen) atoms. The zero-order valence-electron chi connectivity index (χ0n) is 13.8. The number of nitrogens with zero attached hydrogens (tertiary/aromatic N) is 1. The van der Waals surface area contributed by atoms with Gasteiger partial charge in [0.2, 0.25) is 0 Å². The first-order valence-electron chi connectivity index (χ1n) is 8.47. The third kappa shape index (κ3) is 5.34. The Balaban J connectivity index is 1.81. The Labute approximate surface area is 133 Å². The maximum atomic E-state index is 12.1. The maximum Gasteiger partial charge on any atom is 0.411 e. The summed E-state index contributed by atoms with van der Waals surface area (Å²) in [6.45, 7) is 7.16. The molecule has 2 rings (SSSR count). The number of likely N-dealkylation sites (tertiary alicyclic amines) is 1. The number of amides is 1. The monoisotopic (exact) mass is 304 g/mol. The van der Waals surface area contributed by atoms with Crippen LogP contribution in [0.5, 0.6) is 0 Å². The first kappa shape index (κ1) is 16.8. The number of piperidine rings is 1. The first-order chi connectivity index (χ1) is 10.7. The van der Waals surface area contributed by atoms with Gasteiger partial charge in [-0.2, -0.15) is 0 Å². The number of ether oxygens (including phenoxy) is 1. The summed E-state index contributed by atoms with van der Waals surface area (Å²) >= 11 is 0. The maximum absolute atomic E-state index is 12.1. The Morgan fingerprint density at radius 1 is 1.27 bits per heavy atom. The highest BCUT2D eigenvalue weighted by Gasteiger charge is 2.16. The van der Waals surface area contributed by atoms with Crippen LogP contribution >= 0.6 is 0 Å². The van der Waals surface area contributed by atoms with Gasteiger partial charge in [0, 0.05) is 12.2 Å². The van der Waals surface area contributed by atoms with E-state index >= 15 is 0 Å². The number of nitrogens with one attached hydrogen (secondary N) is 1. The Morgan fingerprint density at radius 2 is 2.00 bits per heavy atom. The van der Waals surface area contributed by atoms with Gasteiger partial charge in [-0.05, 0) is 50.9 Å². The average molecular weight is 304 g/mol. The number of rotatable bonds is 6. The molecule has 4 heteroatoms. The lowest BCUT2D eigenvalue weighted by Gasteiger charge is -2.28. The molecule has 1 saturated heterocycles. The molecule has 0 unspecified atom stereocenters. The zero-order chi connectivity index (χ0) is 15.8. The molecule has 0 aromatic heterocycles. The van der Waals surface area contributed by atoms with Crippen LogP contribution in [0.25, 0.3) is 0 Å². The summed E-state index contributed by atoms with van der Waals surface area (Å²) in [5.41, 5.74) is 2.02. The molecule has 1 fully saturated rings. The summed E-state index contributed by atoms with van der Waals surface area (Å²) in [6, 6.07) is 7.92. The molecule has 1 heterocycles. The Bertz CT molecular complexity index is 470. The Morgan fingerprint density at radius 3 is 2.73 bits per heavy atom. The summed E-state index contributed by atoms with van der Waals surface area (Å²) in [5.74, 6) is 0. The second-order valence-electron chi connectivity index (χ2n) is 6.11. The molecule has 0 spiro atoms. The molecule has 1 aromatic rings. The predicted octanol–water partition coefficient (Wildman–Crippen LogP) is 4.06. The van der Waals surface area contributed by atoms with Gasteiger partial charge in [-0.1, -0.05) is 38.0 Å². The molecule has 0 radical (unpaired) electrons. The van der Waals surface area contributed by atoms with Gasteiger partial charge >= 0.3 is 6.09 Å². The second kappa shape index (κ2) is 8.79. The summed E-state index contributed by atoms with van der Waals surface area (Å²) in [6.07, 6.45) is 5.40. The fourth-order valence-corrected chi connectivity index (χ4v) is 2.99. The van der Waals surface area contributed by atoms with Crippen LogP contribution in [-0.4, -0.2) is 36.7 Å². The fraction of sp³-hybridized carbons (Fsp3) is 0.611. The van der Waals surface area contributed by atoms with Gasteiger partial charge in [-0.25, -0.2) is 4.79 Å². The Hall–Kier alpha value is -1.55. The van der Waals surface area contributed by atoms with Crippen molar-refractivity contribution in [1.82, 2.24) is 4.90 Å². The van der Waals surface area contributed by atoms with Gasteiger partial charge in [-0.3, -0.25) is 10.2 Å². The van der Waals surface area contributed by atoms with Crippen molar-refractivity contribution in [3.05, 3.63) is 29.8 Å². The molecule has 1 N–H and O–H groups in total. The van der Waals surface area contributed by atoms with Crippen LogP contribution in [0, 0.1) is 0 Å². The van der Waals surface area contributed by atoms with Gasteiger partial charge in [-0.15, -0.1) is 0 Å². The van der Waals surface area contributed by atoms with Crippen molar-refractivity contribution in [2.45, 2.75) is 52.1 Å². The molecule has 1 aromatic carbocycles. The molecule has 0 saturated carbocycles. The summed E-state index contributed by atoms with van der Waals surface area (Å²) in [4.78, 5) is 14.5. The van der Waals surface area contributed by atoms with E-state index in [2.05, 4.69) is 23.2 Å². The highest BCUT2D eigenvalue weighted by Crippen LogP contribution is 2.17. The van der Waals surface area contributed by atoms with Crippen molar-refractivity contribution >= 4 is 11.8 Å². The lowest BCUT2D eigenvalue weighted by Crippen LogP contribution is -2.37. The molecule has 0 aliphatic carbocycles. The lowest BCUT2D eigenvalue weighted by molar-refractivity contribution is 0.0833. The summed E-state index contributed by atoms with van der Waals surface area (Å²) in [5, 5.41) is 2.88. The van der Waals surface area contributed by atoms with Gasteiger partial charge in [0.05, 0.1) is 0 Å². The lowest BCUT2D eigenvalue weighted by atomic mass is 10.1. The topological polar surface area (TPSA) is 41.6 Å². The van der Waals surface area contributed by atoms with Gasteiger partial charge in [0.15, 0.2) is 0 Å². The van der Waals surface area contributed by atoms with Crippen LogP contribution in [-0.2, 0) is 11.2 Å². The zero-order valence-corrected chi connectivity index (χ0v) is 13.8. The van der Waals surface area contributed by atoms with E-state index in [1.807, 2.05) is 25.1 Å². The number of hydrogen-bond donors (Lipinski definition) is 1. The van der Waals surface area contributed by atoms with Crippen LogP contribution in [0.1, 0.15) is 45.1 Å². The minimum atomic E-state index is -0.354. The molecular weight excluding hydrogens is 276 g/mol. The smallest absolute Gasteiger partial charge is 0.411 e. The van der Waals surface area contributed by atoms with Crippen LogP contribution < -0.4 is 5.32 Å². The highest BCUT2D eigenvalue weighted by atomic mass is 16.6. The van der Waals surface area contributed by atoms with Crippen LogP contribution in [0.15, 0.2) is 24.3 Å². The molecule has 1 amide bonds. The Kier molecular flexibility index (Phi) is 6.72. The van der Waals surface area contributed by atoms with E-state index in [-0.39, 0.29) is 12.2 Å². The molecule has 4 nitrogen and oxygen atoms in total. The number of carbonyl (C=O) groups is 1. The van der Waals surface area contributed by atoms with E-state index in [0.29, 0.717) is 0 Å². The number of carbonyl (C=O) groups excluding carboxylic acids is 1. The van der Waals surface area contributed by atoms with E-state index in [0.717, 1.165) is 43.7 Å². The molecule has 1 atom stereocenters. The first-order valence-corrected chi connectivity index (χ1v) is 8.47. The van der Waals surface area contributed by atoms with E-state index in [9.17, 15) is 4.79 Å². The largest absolute Gasteiger partial charge is 0.445 e. The van der Waals surface area contributed by atoms with E-state index in [4.69, 9.17) is 4.74 Å². The third-order valence-electron chi connectivity index (χ3n) is 4.05. The number of para-hydroxylation sites is 1. The van der Waals surface area contributed by atoms with Crippen molar-refractivity contribution in [3.8, 4) is 0 Å². The SMILES string of the molecule is CCCc1ccccc1NC(=O)O[C@@H](C)CN1CCCCC1. The van der Waals surface area contributed by atoms with Crippen molar-refractivity contribution in [2.24, 2.45) is 0 Å². The normalized spacial score (nSPS) is 17.0. The summed E-state index contributed by atoms with van der Waals surface area (Å²) in [7, 11) is 0. The van der Waals surface area contributed by atoms with Crippen LogP contribution in [0.2, 0.25) is 0 Å². The molecule has 1 aliphatic rings. The quantitative estimate of drug-likeness (QED) is 0.861. The molecule has 1 aliphatic heterocycles. The van der Waals surface area contributed by atoms with E-state index < -0.39 is 0 Å². The number of hydrogen-bond acceptors (Lipinski definition) is 3. The van der Waals surface area contributed by atoms with Crippen molar-refractivity contribution in [1.29, 1.82) is 0 Å². The van der Waals surface area contributed by atoms with Gasteiger partial charge in [0.1, 0.15) is 6.10 Å². The number of benzene rings is 1. The van der Waals surface area contributed by atoms with E-state index in [1.54, 1.807) is 0 Å². The van der Waals surface area contributed by atoms with Gasteiger partial charge in [0.25, 0.3) is 0 Å². The average Bonchev–Trinajstić information content (AvgIpc) is 2.50. The van der Waals surface area contributed by atoms with Crippen molar-refractivity contribution in [2.75, 3.05) is 25.0 Å². The van der Waals surface area contributed by atoms with Crippen LogP contribution in [0.3, 0.4) is 0 Å². The van der Waals surface area contributed by atoms with Crippen molar-refractivity contribution in [3.63, 3.8) is 0 Å². The number of aryl methyl sites for hydroxylation is 1.